The number of amides is 2. The molecule has 2 aliphatic rings. The highest BCUT2D eigenvalue weighted by Crippen LogP contribution is 2.29. The Labute approximate surface area is 150 Å². The molecular weight excluding hydrogens is 320 g/mol. The number of piperidine rings is 1. The Morgan fingerprint density at radius 3 is 2.36 bits per heavy atom. The van der Waals surface area contributed by atoms with E-state index < -0.39 is 11.5 Å². The van der Waals surface area contributed by atoms with Gasteiger partial charge in [-0.25, -0.2) is 4.79 Å². The summed E-state index contributed by atoms with van der Waals surface area (Å²) in [5, 5.41) is 12.6. The molecule has 1 aliphatic carbocycles. The standard InChI is InChI=1S/C19H32N2O4/c1-3-14(2)17(23)21-12-8-9-15(13-21)16(22)20-19(18(24)25)10-6-4-5-7-11-19/h14-15H,3-13H2,1-2H3,(H,20,22)(H,24,25). The van der Waals surface area contributed by atoms with Gasteiger partial charge < -0.3 is 15.3 Å². The van der Waals surface area contributed by atoms with E-state index in [0.29, 0.717) is 32.4 Å². The van der Waals surface area contributed by atoms with Gasteiger partial charge in [0.2, 0.25) is 11.8 Å². The third-order valence-corrected chi connectivity index (χ3v) is 5.87. The second-order valence-corrected chi connectivity index (χ2v) is 7.72. The van der Waals surface area contributed by atoms with Crippen LogP contribution in [0.25, 0.3) is 0 Å². The van der Waals surface area contributed by atoms with Crippen molar-refractivity contribution in [2.24, 2.45) is 11.8 Å². The second-order valence-electron chi connectivity index (χ2n) is 7.72. The summed E-state index contributed by atoms with van der Waals surface area (Å²) in [6.07, 6.45) is 6.98. The molecule has 6 nitrogen and oxygen atoms in total. The Hall–Kier alpha value is -1.59. The fraction of sp³-hybridized carbons (Fsp3) is 0.842. The van der Waals surface area contributed by atoms with E-state index in [-0.39, 0.29) is 23.7 Å². The number of nitrogens with one attached hydrogen (secondary N) is 1. The van der Waals surface area contributed by atoms with E-state index in [0.717, 1.165) is 38.5 Å². The lowest BCUT2D eigenvalue weighted by Gasteiger charge is -2.36. The molecule has 1 aliphatic heterocycles. The van der Waals surface area contributed by atoms with Crippen molar-refractivity contribution >= 4 is 17.8 Å². The predicted octanol–water partition coefficient (Wildman–Crippen LogP) is 2.56. The molecule has 6 heteroatoms. The van der Waals surface area contributed by atoms with E-state index in [2.05, 4.69) is 5.32 Å². The second kappa shape index (κ2) is 8.68. The molecule has 1 saturated heterocycles. The Balaban J connectivity index is 2.03. The van der Waals surface area contributed by atoms with E-state index in [4.69, 9.17) is 0 Å². The number of carbonyl (C=O) groups excluding carboxylic acids is 2. The highest BCUT2D eigenvalue weighted by molar-refractivity contribution is 5.88. The van der Waals surface area contributed by atoms with Crippen LogP contribution in [0.15, 0.2) is 0 Å². The summed E-state index contributed by atoms with van der Waals surface area (Å²) in [5.41, 5.74) is -1.13. The minimum atomic E-state index is -1.13. The number of rotatable bonds is 5. The third-order valence-electron chi connectivity index (χ3n) is 5.87. The van der Waals surface area contributed by atoms with Crippen molar-refractivity contribution in [3.05, 3.63) is 0 Å². The van der Waals surface area contributed by atoms with Crippen molar-refractivity contribution in [2.45, 2.75) is 77.2 Å². The smallest absolute Gasteiger partial charge is 0.329 e. The van der Waals surface area contributed by atoms with Gasteiger partial charge in [0.15, 0.2) is 0 Å². The minimum Gasteiger partial charge on any atom is -0.480 e. The molecule has 2 atom stereocenters. The van der Waals surface area contributed by atoms with Gasteiger partial charge in [-0.15, -0.1) is 0 Å². The maximum atomic E-state index is 12.8. The van der Waals surface area contributed by atoms with Gasteiger partial charge in [-0.1, -0.05) is 39.5 Å². The van der Waals surface area contributed by atoms with Gasteiger partial charge in [-0.2, -0.15) is 0 Å². The van der Waals surface area contributed by atoms with Crippen molar-refractivity contribution in [3.8, 4) is 0 Å². The summed E-state index contributed by atoms with van der Waals surface area (Å²) >= 11 is 0. The molecule has 2 amide bonds. The number of nitrogens with zero attached hydrogens (tertiary/aromatic N) is 1. The quantitative estimate of drug-likeness (QED) is 0.745. The lowest BCUT2D eigenvalue weighted by atomic mass is 9.88. The first-order chi connectivity index (χ1) is 11.9. The van der Waals surface area contributed by atoms with E-state index in [1.165, 1.54) is 0 Å². The van der Waals surface area contributed by atoms with Crippen molar-refractivity contribution in [2.75, 3.05) is 13.1 Å². The Bertz CT molecular complexity index is 498. The van der Waals surface area contributed by atoms with Crippen LogP contribution < -0.4 is 5.32 Å². The number of carboxylic acids is 1. The first kappa shape index (κ1) is 19.7. The van der Waals surface area contributed by atoms with Gasteiger partial charge >= 0.3 is 5.97 Å². The third kappa shape index (κ3) is 4.73. The van der Waals surface area contributed by atoms with Crippen LogP contribution in [0, 0.1) is 11.8 Å². The number of carboxylic acid groups (broad SMARTS) is 1. The van der Waals surface area contributed by atoms with Crippen LogP contribution in [-0.2, 0) is 14.4 Å². The number of aliphatic carboxylic acids is 1. The zero-order valence-electron chi connectivity index (χ0n) is 15.6. The molecular formula is C19H32N2O4. The topological polar surface area (TPSA) is 86.7 Å². The molecule has 2 unspecified atom stereocenters. The molecule has 2 rings (SSSR count). The van der Waals surface area contributed by atoms with Gasteiger partial charge in [-0.3, -0.25) is 9.59 Å². The molecule has 0 radical (unpaired) electrons. The first-order valence-electron chi connectivity index (χ1n) is 9.74. The summed E-state index contributed by atoms with van der Waals surface area (Å²) in [4.78, 5) is 38.8. The fourth-order valence-electron chi connectivity index (χ4n) is 3.94. The van der Waals surface area contributed by atoms with Crippen LogP contribution >= 0.6 is 0 Å². The first-order valence-corrected chi connectivity index (χ1v) is 9.74. The fourth-order valence-corrected chi connectivity index (χ4v) is 3.94. The zero-order chi connectivity index (χ0) is 18.4. The maximum absolute atomic E-state index is 12.8. The van der Waals surface area contributed by atoms with Crippen LogP contribution in [0.1, 0.15) is 71.6 Å². The molecule has 142 valence electrons. The average Bonchev–Trinajstić information content (AvgIpc) is 2.87. The number of hydrogen-bond donors (Lipinski definition) is 2. The molecule has 0 aromatic carbocycles. The van der Waals surface area contributed by atoms with E-state index in [9.17, 15) is 19.5 Å². The lowest BCUT2D eigenvalue weighted by molar-refractivity contribution is -0.150. The summed E-state index contributed by atoms with van der Waals surface area (Å²) < 4.78 is 0. The summed E-state index contributed by atoms with van der Waals surface area (Å²) in [6.45, 7) is 5.00. The Morgan fingerprint density at radius 2 is 1.80 bits per heavy atom. The highest BCUT2D eigenvalue weighted by atomic mass is 16.4. The van der Waals surface area contributed by atoms with Crippen molar-refractivity contribution in [3.63, 3.8) is 0 Å². The van der Waals surface area contributed by atoms with Crippen LogP contribution in [0.3, 0.4) is 0 Å². The molecule has 2 fully saturated rings. The van der Waals surface area contributed by atoms with Gasteiger partial charge in [0.25, 0.3) is 0 Å². The predicted molar refractivity (Wildman–Crippen MR) is 95.0 cm³/mol. The minimum absolute atomic E-state index is 0.0333. The Morgan fingerprint density at radius 1 is 1.16 bits per heavy atom. The number of likely N-dealkylation sites (tertiary alicyclic amines) is 1. The molecule has 0 aromatic rings. The van der Waals surface area contributed by atoms with Gasteiger partial charge in [0.1, 0.15) is 5.54 Å². The molecule has 2 N–H and O–H groups in total. The van der Waals surface area contributed by atoms with E-state index in [1.807, 2.05) is 13.8 Å². The van der Waals surface area contributed by atoms with Crippen LogP contribution in [0.4, 0.5) is 0 Å². The summed E-state index contributed by atoms with van der Waals surface area (Å²) in [5.74, 6) is -1.37. The van der Waals surface area contributed by atoms with E-state index >= 15 is 0 Å². The Kier molecular flexibility index (Phi) is 6.85. The molecule has 1 heterocycles. The lowest BCUT2D eigenvalue weighted by Crippen LogP contribution is -2.57. The molecule has 25 heavy (non-hydrogen) atoms. The van der Waals surface area contributed by atoms with Crippen LogP contribution in [-0.4, -0.2) is 46.4 Å². The van der Waals surface area contributed by atoms with E-state index in [1.54, 1.807) is 4.90 Å². The zero-order valence-corrected chi connectivity index (χ0v) is 15.6. The molecule has 1 saturated carbocycles. The van der Waals surface area contributed by atoms with Gasteiger partial charge in [-0.05, 0) is 32.1 Å². The van der Waals surface area contributed by atoms with Gasteiger partial charge in [0, 0.05) is 19.0 Å². The van der Waals surface area contributed by atoms with Crippen LogP contribution in [0.5, 0.6) is 0 Å². The van der Waals surface area contributed by atoms with Crippen LogP contribution in [0.2, 0.25) is 0 Å². The van der Waals surface area contributed by atoms with Gasteiger partial charge in [0.05, 0.1) is 5.92 Å². The van der Waals surface area contributed by atoms with Crippen molar-refractivity contribution in [1.29, 1.82) is 0 Å². The monoisotopic (exact) mass is 352 g/mol. The summed E-state index contributed by atoms with van der Waals surface area (Å²) in [7, 11) is 0. The number of hydrogen-bond acceptors (Lipinski definition) is 3. The molecule has 0 spiro atoms. The summed E-state index contributed by atoms with van der Waals surface area (Å²) in [6, 6.07) is 0. The largest absolute Gasteiger partial charge is 0.480 e. The SMILES string of the molecule is CCC(C)C(=O)N1CCCC(C(=O)NC2(C(=O)O)CCCCCC2)C1. The normalized spacial score (nSPS) is 24.9. The average molecular weight is 352 g/mol. The molecule has 0 bridgehead atoms. The number of carbonyl (C=O) groups is 3. The van der Waals surface area contributed by atoms with Crippen molar-refractivity contribution in [1.82, 2.24) is 10.2 Å². The molecule has 0 aromatic heterocycles. The van der Waals surface area contributed by atoms with Crippen molar-refractivity contribution < 1.29 is 19.5 Å². The highest BCUT2D eigenvalue weighted by Gasteiger charge is 2.42. The maximum Gasteiger partial charge on any atom is 0.329 e.